The molecule has 148 valence electrons. The van der Waals surface area contributed by atoms with Gasteiger partial charge < -0.3 is 14.4 Å². The molecule has 7 nitrogen and oxygen atoms in total. The Hall–Kier alpha value is -2.87. The molecular formula is C20H16Cl2N4O3. The highest BCUT2D eigenvalue weighted by Gasteiger charge is 2.23. The number of carbonyl (C=O) groups is 1. The van der Waals surface area contributed by atoms with Gasteiger partial charge in [-0.1, -0.05) is 34.4 Å². The zero-order valence-corrected chi connectivity index (χ0v) is 16.9. The van der Waals surface area contributed by atoms with Crippen molar-refractivity contribution in [1.82, 2.24) is 14.8 Å². The van der Waals surface area contributed by atoms with Crippen LogP contribution in [0.3, 0.4) is 0 Å². The number of benzene rings is 2. The van der Waals surface area contributed by atoms with E-state index in [0.29, 0.717) is 17.6 Å². The number of aryl methyl sites for hydroxylation is 1. The van der Waals surface area contributed by atoms with Crippen molar-refractivity contribution in [2.75, 3.05) is 18.1 Å². The average molecular weight is 431 g/mol. The lowest BCUT2D eigenvalue weighted by molar-refractivity contribution is 0.0981. The third-order valence-corrected chi connectivity index (χ3v) is 5.08. The normalized spacial score (nSPS) is 11.2. The number of amides is 1. The second-order valence-electron chi connectivity index (χ2n) is 6.31. The van der Waals surface area contributed by atoms with Gasteiger partial charge in [0.15, 0.2) is 0 Å². The summed E-state index contributed by atoms with van der Waals surface area (Å²) in [7, 11) is 0. The van der Waals surface area contributed by atoms with Gasteiger partial charge in [-0.3, -0.25) is 9.36 Å². The summed E-state index contributed by atoms with van der Waals surface area (Å²) in [6, 6.07) is 12.6. The molecule has 0 saturated carbocycles. The van der Waals surface area contributed by atoms with Crippen LogP contribution < -0.4 is 4.90 Å². The fraction of sp³-hybridized carbons (Fsp3) is 0.150. The Morgan fingerprint density at radius 1 is 1.17 bits per heavy atom. The maximum absolute atomic E-state index is 13.1. The van der Waals surface area contributed by atoms with Gasteiger partial charge in [0.2, 0.25) is 5.89 Å². The van der Waals surface area contributed by atoms with E-state index in [-0.39, 0.29) is 34.7 Å². The summed E-state index contributed by atoms with van der Waals surface area (Å²) >= 11 is 12.4. The maximum atomic E-state index is 13.1. The van der Waals surface area contributed by atoms with Gasteiger partial charge in [-0.2, -0.15) is 0 Å². The van der Waals surface area contributed by atoms with E-state index in [1.54, 1.807) is 35.8 Å². The molecule has 2 aromatic heterocycles. The third kappa shape index (κ3) is 3.60. The second kappa shape index (κ2) is 7.87. The van der Waals surface area contributed by atoms with E-state index in [0.717, 1.165) is 10.9 Å². The topological polar surface area (TPSA) is 84.4 Å². The van der Waals surface area contributed by atoms with Crippen LogP contribution in [0.4, 0.5) is 5.69 Å². The number of carbonyl (C=O) groups excluding carboxylic acids is 1. The number of halogens is 2. The van der Waals surface area contributed by atoms with E-state index >= 15 is 0 Å². The van der Waals surface area contributed by atoms with Crippen molar-refractivity contribution in [2.45, 2.75) is 6.92 Å². The van der Waals surface area contributed by atoms with E-state index in [1.165, 1.54) is 4.90 Å². The highest BCUT2D eigenvalue weighted by atomic mass is 35.5. The molecule has 4 rings (SSSR count). The first kappa shape index (κ1) is 19.4. The van der Waals surface area contributed by atoms with Crippen molar-refractivity contribution in [2.24, 2.45) is 0 Å². The molecule has 0 spiro atoms. The molecule has 2 heterocycles. The number of aliphatic hydroxyl groups is 1. The fourth-order valence-corrected chi connectivity index (χ4v) is 3.69. The van der Waals surface area contributed by atoms with E-state index < -0.39 is 0 Å². The van der Waals surface area contributed by atoms with Crippen LogP contribution in [-0.2, 0) is 0 Å². The van der Waals surface area contributed by atoms with Gasteiger partial charge in [-0.25, -0.2) is 0 Å². The molecule has 2 aromatic carbocycles. The van der Waals surface area contributed by atoms with Gasteiger partial charge in [0.25, 0.3) is 5.91 Å². The van der Waals surface area contributed by atoms with Crippen LogP contribution in [-0.4, -0.2) is 38.9 Å². The third-order valence-electron chi connectivity index (χ3n) is 4.45. The zero-order valence-electron chi connectivity index (χ0n) is 15.3. The van der Waals surface area contributed by atoms with Crippen molar-refractivity contribution in [3.63, 3.8) is 0 Å². The van der Waals surface area contributed by atoms with E-state index in [2.05, 4.69) is 10.2 Å². The molecule has 0 aliphatic carbocycles. The van der Waals surface area contributed by atoms with Crippen LogP contribution in [0.1, 0.15) is 16.2 Å². The molecule has 0 aliphatic rings. The number of hydrogen-bond donors (Lipinski definition) is 1. The van der Waals surface area contributed by atoms with Crippen LogP contribution in [0.15, 0.2) is 53.1 Å². The summed E-state index contributed by atoms with van der Waals surface area (Å²) in [5, 5.41) is 18.8. The van der Waals surface area contributed by atoms with Gasteiger partial charge in [0.1, 0.15) is 0 Å². The van der Waals surface area contributed by atoms with Gasteiger partial charge >= 0.3 is 6.01 Å². The Morgan fingerprint density at radius 3 is 2.59 bits per heavy atom. The van der Waals surface area contributed by atoms with Crippen molar-refractivity contribution in [3.8, 4) is 6.01 Å². The summed E-state index contributed by atoms with van der Waals surface area (Å²) in [6.45, 7) is 1.60. The molecule has 0 radical (unpaired) electrons. The SMILES string of the molecule is Cc1nnc(-n2ccc3cc(N(CCO)C(=O)c4c(Cl)cccc4Cl)ccc32)o1. The summed E-state index contributed by atoms with van der Waals surface area (Å²) in [6.07, 6.45) is 1.81. The van der Waals surface area contributed by atoms with Crippen LogP contribution in [0.2, 0.25) is 10.0 Å². The predicted molar refractivity (Wildman–Crippen MR) is 111 cm³/mol. The Morgan fingerprint density at radius 2 is 1.93 bits per heavy atom. The molecule has 0 bridgehead atoms. The molecule has 0 fully saturated rings. The van der Waals surface area contributed by atoms with Crippen molar-refractivity contribution < 1.29 is 14.3 Å². The monoisotopic (exact) mass is 430 g/mol. The number of nitrogens with zero attached hydrogens (tertiary/aromatic N) is 4. The Balaban J connectivity index is 1.75. The Kier molecular flexibility index (Phi) is 5.27. The van der Waals surface area contributed by atoms with Crippen molar-refractivity contribution in [1.29, 1.82) is 0 Å². The largest absolute Gasteiger partial charge is 0.408 e. The first-order valence-electron chi connectivity index (χ1n) is 8.78. The first-order chi connectivity index (χ1) is 14.0. The molecule has 29 heavy (non-hydrogen) atoms. The number of aliphatic hydroxyl groups excluding tert-OH is 1. The fourth-order valence-electron chi connectivity index (χ4n) is 3.13. The van der Waals surface area contributed by atoms with E-state index in [4.69, 9.17) is 27.6 Å². The predicted octanol–water partition coefficient (Wildman–Crippen LogP) is 4.27. The number of aromatic nitrogens is 3. The molecule has 1 N–H and O–H groups in total. The standard InChI is InChI=1S/C20H16Cl2N4O3/c1-12-23-24-20(29-12)26-8-7-13-11-14(5-6-17(13)26)25(9-10-27)19(28)18-15(21)3-2-4-16(18)22/h2-8,11,27H,9-10H2,1H3. The van der Waals surface area contributed by atoms with Crippen LogP contribution in [0.25, 0.3) is 16.9 Å². The molecule has 0 unspecified atom stereocenters. The first-order valence-corrected chi connectivity index (χ1v) is 9.53. The number of rotatable bonds is 5. The van der Waals surface area contributed by atoms with Gasteiger partial charge in [0, 0.05) is 30.7 Å². The minimum Gasteiger partial charge on any atom is -0.408 e. The molecule has 4 aromatic rings. The number of fused-ring (bicyclic) bond motifs is 1. The summed E-state index contributed by atoms with van der Waals surface area (Å²) in [5.41, 5.74) is 1.64. The summed E-state index contributed by atoms with van der Waals surface area (Å²) in [4.78, 5) is 14.6. The van der Waals surface area contributed by atoms with Crippen LogP contribution in [0, 0.1) is 6.92 Å². The highest BCUT2D eigenvalue weighted by molar-refractivity contribution is 6.40. The van der Waals surface area contributed by atoms with Gasteiger partial charge in [-0.05, 0) is 36.4 Å². The number of anilines is 1. The Labute approximate surface area is 176 Å². The minimum atomic E-state index is -0.388. The highest BCUT2D eigenvalue weighted by Crippen LogP contribution is 2.30. The van der Waals surface area contributed by atoms with Crippen molar-refractivity contribution in [3.05, 3.63) is 70.2 Å². The summed E-state index contributed by atoms with van der Waals surface area (Å²) in [5.74, 6) is 0.0794. The molecular weight excluding hydrogens is 415 g/mol. The van der Waals surface area contributed by atoms with Gasteiger partial charge in [0.05, 0.1) is 27.7 Å². The molecule has 9 heteroatoms. The maximum Gasteiger partial charge on any atom is 0.327 e. The average Bonchev–Trinajstić information content (AvgIpc) is 3.31. The molecule has 1 amide bonds. The lowest BCUT2D eigenvalue weighted by Gasteiger charge is -2.23. The summed E-state index contributed by atoms with van der Waals surface area (Å²) < 4.78 is 7.25. The quantitative estimate of drug-likeness (QED) is 0.510. The second-order valence-corrected chi connectivity index (χ2v) is 7.12. The van der Waals surface area contributed by atoms with Crippen molar-refractivity contribution >= 4 is 45.7 Å². The minimum absolute atomic E-state index is 0.0927. The lowest BCUT2D eigenvalue weighted by atomic mass is 10.1. The molecule has 0 saturated heterocycles. The van der Waals surface area contributed by atoms with Crippen LogP contribution in [0.5, 0.6) is 0 Å². The molecule has 0 atom stereocenters. The van der Waals surface area contributed by atoms with Crippen LogP contribution >= 0.6 is 23.2 Å². The Bertz CT molecular complexity index is 1180. The smallest absolute Gasteiger partial charge is 0.327 e. The molecule has 0 aliphatic heterocycles. The van der Waals surface area contributed by atoms with E-state index in [9.17, 15) is 9.90 Å². The van der Waals surface area contributed by atoms with Gasteiger partial charge in [-0.15, -0.1) is 5.10 Å². The zero-order chi connectivity index (χ0) is 20.5. The number of hydrogen-bond acceptors (Lipinski definition) is 5. The lowest BCUT2D eigenvalue weighted by Crippen LogP contribution is -2.34. The van der Waals surface area contributed by atoms with E-state index in [1.807, 2.05) is 24.4 Å².